The van der Waals surface area contributed by atoms with E-state index in [0.29, 0.717) is 6.61 Å². The lowest BCUT2D eigenvalue weighted by atomic mass is 9.74. The van der Waals surface area contributed by atoms with Gasteiger partial charge in [-0.15, -0.1) is 0 Å². The maximum Gasteiger partial charge on any atom is 0.317 e. The van der Waals surface area contributed by atoms with E-state index in [1.807, 2.05) is 13.8 Å². The standard InChI is InChI=1S/C11H19NO3/c1-4-15-10(13)11(2)8-6-5-7-9(11)12-14-3/h4-8H2,1-3H3/b12-9-/t11-/m0/s1. The van der Waals surface area contributed by atoms with E-state index in [-0.39, 0.29) is 5.97 Å². The first-order valence-corrected chi connectivity index (χ1v) is 5.43. The SMILES string of the molecule is CCOC(=O)[C@@]1(C)CCCC/C1=N/OC. The van der Waals surface area contributed by atoms with Crippen LogP contribution in [0.4, 0.5) is 0 Å². The highest BCUT2D eigenvalue weighted by molar-refractivity contribution is 6.06. The summed E-state index contributed by atoms with van der Waals surface area (Å²) < 4.78 is 5.09. The fraction of sp³-hybridized carbons (Fsp3) is 0.818. The van der Waals surface area contributed by atoms with Crippen molar-refractivity contribution in [2.45, 2.75) is 39.5 Å². The number of ether oxygens (including phenoxy) is 1. The van der Waals surface area contributed by atoms with E-state index in [4.69, 9.17) is 9.57 Å². The molecule has 0 aromatic heterocycles. The summed E-state index contributed by atoms with van der Waals surface area (Å²) in [6.45, 7) is 4.12. The Labute approximate surface area is 90.6 Å². The number of nitrogens with zero attached hydrogens (tertiary/aromatic N) is 1. The zero-order valence-corrected chi connectivity index (χ0v) is 9.71. The molecule has 1 aliphatic carbocycles. The Hall–Kier alpha value is -1.06. The minimum absolute atomic E-state index is 0.180. The maximum absolute atomic E-state index is 11.8. The molecule has 1 aliphatic rings. The van der Waals surface area contributed by atoms with Gasteiger partial charge in [0.1, 0.15) is 12.5 Å². The largest absolute Gasteiger partial charge is 0.465 e. The summed E-state index contributed by atoms with van der Waals surface area (Å²) in [6.07, 6.45) is 3.73. The average molecular weight is 213 g/mol. The maximum atomic E-state index is 11.8. The monoisotopic (exact) mass is 213 g/mol. The molecule has 0 aliphatic heterocycles. The van der Waals surface area contributed by atoms with Crippen LogP contribution in [0.5, 0.6) is 0 Å². The minimum Gasteiger partial charge on any atom is -0.465 e. The number of rotatable bonds is 3. The third-order valence-corrected chi connectivity index (χ3v) is 2.90. The van der Waals surface area contributed by atoms with Crippen molar-refractivity contribution in [1.29, 1.82) is 0 Å². The van der Waals surface area contributed by atoms with Crippen molar-refractivity contribution in [1.82, 2.24) is 0 Å². The average Bonchev–Trinajstić information content (AvgIpc) is 2.22. The van der Waals surface area contributed by atoms with Crippen LogP contribution in [-0.2, 0) is 14.4 Å². The number of hydrogen-bond donors (Lipinski definition) is 0. The van der Waals surface area contributed by atoms with Gasteiger partial charge in [0.2, 0.25) is 0 Å². The number of oxime groups is 1. The van der Waals surface area contributed by atoms with E-state index in [1.165, 1.54) is 7.11 Å². The Balaban J connectivity index is 2.85. The summed E-state index contributed by atoms with van der Waals surface area (Å²) in [7, 11) is 1.51. The molecule has 0 saturated heterocycles. The van der Waals surface area contributed by atoms with Gasteiger partial charge in [-0.2, -0.15) is 0 Å². The highest BCUT2D eigenvalue weighted by Gasteiger charge is 2.42. The third-order valence-electron chi connectivity index (χ3n) is 2.90. The van der Waals surface area contributed by atoms with Crippen LogP contribution in [0.15, 0.2) is 5.16 Å². The highest BCUT2D eigenvalue weighted by Crippen LogP contribution is 2.35. The predicted molar refractivity (Wildman–Crippen MR) is 57.7 cm³/mol. The van der Waals surface area contributed by atoms with Crippen LogP contribution in [-0.4, -0.2) is 25.4 Å². The molecular weight excluding hydrogens is 194 g/mol. The van der Waals surface area contributed by atoms with Gasteiger partial charge in [0.05, 0.1) is 12.3 Å². The van der Waals surface area contributed by atoms with Gasteiger partial charge >= 0.3 is 5.97 Å². The Kier molecular flexibility index (Phi) is 4.12. The molecule has 4 nitrogen and oxygen atoms in total. The zero-order valence-electron chi connectivity index (χ0n) is 9.71. The van der Waals surface area contributed by atoms with Crippen molar-refractivity contribution in [3.8, 4) is 0 Å². The summed E-state index contributed by atoms with van der Waals surface area (Å²) in [6, 6.07) is 0. The summed E-state index contributed by atoms with van der Waals surface area (Å²) in [5.41, 5.74) is 0.235. The molecule has 1 saturated carbocycles. The molecule has 0 unspecified atom stereocenters. The van der Waals surface area contributed by atoms with Crippen molar-refractivity contribution < 1.29 is 14.4 Å². The van der Waals surface area contributed by atoms with E-state index in [0.717, 1.165) is 31.4 Å². The molecule has 1 rings (SSSR count). The van der Waals surface area contributed by atoms with Crippen LogP contribution in [0.3, 0.4) is 0 Å². The lowest BCUT2D eigenvalue weighted by Gasteiger charge is -2.31. The molecule has 86 valence electrons. The molecule has 0 heterocycles. The molecule has 0 bridgehead atoms. The fourth-order valence-electron chi connectivity index (χ4n) is 1.96. The number of carbonyl (C=O) groups is 1. The summed E-state index contributed by atoms with van der Waals surface area (Å²) in [4.78, 5) is 16.6. The zero-order chi connectivity index (χ0) is 11.3. The molecule has 1 fully saturated rings. The second kappa shape index (κ2) is 5.14. The third kappa shape index (κ3) is 2.49. The molecule has 1 atom stereocenters. The van der Waals surface area contributed by atoms with Gasteiger partial charge < -0.3 is 9.57 Å². The molecule has 0 radical (unpaired) electrons. The van der Waals surface area contributed by atoms with E-state index < -0.39 is 5.41 Å². The van der Waals surface area contributed by atoms with Crippen molar-refractivity contribution in [3.63, 3.8) is 0 Å². The topological polar surface area (TPSA) is 47.9 Å². The predicted octanol–water partition coefficient (Wildman–Crippen LogP) is 2.13. The number of esters is 1. The van der Waals surface area contributed by atoms with Gasteiger partial charge in [-0.1, -0.05) is 11.6 Å². The molecule has 0 N–H and O–H groups in total. The van der Waals surface area contributed by atoms with Crippen molar-refractivity contribution >= 4 is 11.7 Å². The minimum atomic E-state index is -0.579. The quantitative estimate of drug-likeness (QED) is 0.533. The first-order valence-electron chi connectivity index (χ1n) is 5.43. The van der Waals surface area contributed by atoms with Crippen LogP contribution >= 0.6 is 0 Å². The second-order valence-electron chi connectivity index (χ2n) is 3.98. The Morgan fingerprint density at radius 1 is 1.53 bits per heavy atom. The first-order chi connectivity index (χ1) is 7.15. The van der Waals surface area contributed by atoms with Crippen LogP contribution in [0.2, 0.25) is 0 Å². The van der Waals surface area contributed by atoms with Crippen LogP contribution < -0.4 is 0 Å². The lowest BCUT2D eigenvalue weighted by Crippen LogP contribution is -2.40. The lowest BCUT2D eigenvalue weighted by molar-refractivity contribution is -0.151. The molecule has 0 aromatic rings. The van der Waals surface area contributed by atoms with E-state index in [1.54, 1.807) is 0 Å². The van der Waals surface area contributed by atoms with Gasteiger partial charge in [-0.05, 0) is 33.1 Å². The van der Waals surface area contributed by atoms with Gasteiger partial charge in [-0.3, -0.25) is 4.79 Å². The second-order valence-corrected chi connectivity index (χ2v) is 3.98. The highest BCUT2D eigenvalue weighted by atomic mass is 16.6. The summed E-state index contributed by atoms with van der Waals surface area (Å²) in [5, 5.41) is 3.96. The van der Waals surface area contributed by atoms with E-state index in [9.17, 15) is 4.79 Å². The molecule has 4 heteroatoms. The van der Waals surface area contributed by atoms with Gasteiger partial charge in [0, 0.05) is 0 Å². The van der Waals surface area contributed by atoms with Gasteiger partial charge in [-0.25, -0.2) is 0 Å². The fourth-order valence-corrected chi connectivity index (χ4v) is 1.96. The summed E-state index contributed by atoms with van der Waals surface area (Å²) >= 11 is 0. The molecular formula is C11H19NO3. The molecule has 0 amide bonds. The smallest absolute Gasteiger partial charge is 0.317 e. The Bertz CT molecular complexity index is 263. The number of hydrogen-bond acceptors (Lipinski definition) is 4. The normalized spacial score (nSPS) is 28.9. The first kappa shape index (κ1) is 12.0. The van der Waals surface area contributed by atoms with Gasteiger partial charge in [0.25, 0.3) is 0 Å². The van der Waals surface area contributed by atoms with Crippen LogP contribution in [0.25, 0.3) is 0 Å². The molecule has 0 aromatic carbocycles. The molecule has 0 spiro atoms. The molecule has 15 heavy (non-hydrogen) atoms. The number of carbonyl (C=O) groups excluding carboxylic acids is 1. The van der Waals surface area contributed by atoms with E-state index >= 15 is 0 Å². The van der Waals surface area contributed by atoms with Crippen molar-refractivity contribution in [2.75, 3.05) is 13.7 Å². The van der Waals surface area contributed by atoms with Crippen LogP contribution in [0.1, 0.15) is 39.5 Å². The van der Waals surface area contributed by atoms with Crippen LogP contribution in [0, 0.1) is 5.41 Å². The Morgan fingerprint density at radius 2 is 2.27 bits per heavy atom. The van der Waals surface area contributed by atoms with Gasteiger partial charge in [0.15, 0.2) is 0 Å². The van der Waals surface area contributed by atoms with E-state index in [2.05, 4.69) is 5.16 Å². The summed E-state index contributed by atoms with van der Waals surface area (Å²) in [5.74, 6) is -0.180. The van der Waals surface area contributed by atoms with Crippen molar-refractivity contribution in [2.24, 2.45) is 10.6 Å². The van der Waals surface area contributed by atoms with Crippen molar-refractivity contribution in [3.05, 3.63) is 0 Å². The Morgan fingerprint density at radius 3 is 2.87 bits per heavy atom.